The van der Waals surface area contributed by atoms with Crippen LogP contribution in [0.2, 0.25) is 0 Å². The van der Waals surface area contributed by atoms with Gasteiger partial charge in [0.15, 0.2) is 0 Å². The largest absolute Gasteiger partial charge is 0.381 e. The van der Waals surface area contributed by atoms with Gasteiger partial charge in [0.25, 0.3) is 0 Å². The van der Waals surface area contributed by atoms with Gasteiger partial charge in [0.2, 0.25) is 0 Å². The Hall–Kier alpha value is -0.480. The minimum atomic E-state index is 0.370. The summed E-state index contributed by atoms with van der Waals surface area (Å²) in [6.07, 6.45) is 8.96. The minimum absolute atomic E-state index is 0.370. The summed E-state index contributed by atoms with van der Waals surface area (Å²) >= 11 is 0. The van der Waals surface area contributed by atoms with E-state index in [0.29, 0.717) is 5.92 Å². The molecule has 0 aromatic rings. The molecule has 0 spiro atoms. The zero-order chi connectivity index (χ0) is 8.10. The summed E-state index contributed by atoms with van der Waals surface area (Å²) in [6, 6.07) is 0. The first-order chi connectivity index (χ1) is 5.33. The van der Waals surface area contributed by atoms with E-state index in [2.05, 4.69) is 12.8 Å². The molecule has 0 aromatic heterocycles. The van der Waals surface area contributed by atoms with Crippen molar-refractivity contribution >= 4 is 0 Å². The molecule has 11 heavy (non-hydrogen) atoms. The monoisotopic (exact) mass is 152 g/mol. The van der Waals surface area contributed by atoms with Crippen molar-refractivity contribution in [2.24, 2.45) is 11.8 Å². The maximum Gasteiger partial charge on any atom is 0.0494 e. The first-order valence-corrected chi connectivity index (χ1v) is 4.37. The summed E-state index contributed by atoms with van der Waals surface area (Å²) in [4.78, 5) is 0. The third-order valence-electron chi connectivity index (χ3n) is 2.03. The molecule has 0 aromatic carbocycles. The molecule has 1 atom stereocenters. The second-order valence-electron chi connectivity index (χ2n) is 3.37. The number of terminal acetylenes is 1. The van der Waals surface area contributed by atoms with E-state index in [1.807, 2.05) is 0 Å². The molecule has 1 fully saturated rings. The predicted molar refractivity (Wildman–Crippen MR) is 46.2 cm³/mol. The fourth-order valence-corrected chi connectivity index (χ4v) is 0.878. The molecule has 1 saturated carbocycles. The second kappa shape index (κ2) is 4.41. The van der Waals surface area contributed by atoms with Gasteiger partial charge in [0.1, 0.15) is 0 Å². The van der Waals surface area contributed by atoms with Crippen LogP contribution in [-0.2, 0) is 4.74 Å². The standard InChI is InChI=1S/C10H16O/c1-3-9(2)6-7-11-8-10-4-5-10/h1,9-10H,4-8H2,2H3. The lowest BCUT2D eigenvalue weighted by Gasteiger charge is -2.04. The van der Waals surface area contributed by atoms with Gasteiger partial charge in [-0.15, -0.1) is 12.3 Å². The Labute approximate surface area is 69.1 Å². The van der Waals surface area contributed by atoms with Crippen LogP contribution < -0.4 is 0 Å². The Morgan fingerprint density at radius 1 is 1.64 bits per heavy atom. The Balaban J connectivity index is 1.83. The van der Waals surface area contributed by atoms with Gasteiger partial charge in [-0.05, 0) is 25.2 Å². The van der Waals surface area contributed by atoms with Gasteiger partial charge in [-0.2, -0.15) is 0 Å². The number of rotatable bonds is 5. The SMILES string of the molecule is C#CC(C)CCOCC1CC1. The molecule has 1 unspecified atom stereocenters. The molecular weight excluding hydrogens is 136 g/mol. The molecule has 1 heteroatoms. The molecule has 1 aliphatic carbocycles. The van der Waals surface area contributed by atoms with Crippen LogP contribution in [0.4, 0.5) is 0 Å². The van der Waals surface area contributed by atoms with Gasteiger partial charge in [-0.1, -0.05) is 6.92 Å². The van der Waals surface area contributed by atoms with E-state index < -0.39 is 0 Å². The molecule has 62 valence electrons. The van der Waals surface area contributed by atoms with E-state index in [0.717, 1.165) is 25.6 Å². The van der Waals surface area contributed by atoms with Gasteiger partial charge in [0.05, 0.1) is 0 Å². The predicted octanol–water partition coefficient (Wildman–Crippen LogP) is 2.07. The summed E-state index contributed by atoms with van der Waals surface area (Å²) in [5.74, 6) is 3.93. The lowest BCUT2D eigenvalue weighted by atomic mass is 10.1. The van der Waals surface area contributed by atoms with Crippen molar-refractivity contribution in [2.45, 2.75) is 26.2 Å². The molecule has 0 heterocycles. The third-order valence-corrected chi connectivity index (χ3v) is 2.03. The highest BCUT2D eigenvalue weighted by atomic mass is 16.5. The number of hydrogen-bond donors (Lipinski definition) is 0. The summed E-state index contributed by atoms with van der Waals surface area (Å²) in [7, 11) is 0. The maximum absolute atomic E-state index is 5.43. The van der Waals surface area contributed by atoms with Gasteiger partial charge < -0.3 is 4.74 Å². The molecule has 1 aliphatic rings. The minimum Gasteiger partial charge on any atom is -0.381 e. The average Bonchev–Trinajstić information content (AvgIpc) is 2.81. The normalized spacial score (nSPS) is 19.3. The number of hydrogen-bond acceptors (Lipinski definition) is 1. The van der Waals surface area contributed by atoms with Crippen molar-refractivity contribution < 1.29 is 4.74 Å². The van der Waals surface area contributed by atoms with Crippen molar-refractivity contribution in [1.82, 2.24) is 0 Å². The van der Waals surface area contributed by atoms with Gasteiger partial charge >= 0.3 is 0 Å². The highest BCUT2D eigenvalue weighted by Gasteiger charge is 2.20. The number of ether oxygens (including phenoxy) is 1. The van der Waals surface area contributed by atoms with Crippen LogP contribution in [0.25, 0.3) is 0 Å². The third kappa shape index (κ3) is 4.06. The van der Waals surface area contributed by atoms with E-state index in [1.165, 1.54) is 12.8 Å². The highest BCUT2D eigenvalue weighted by molar-refractivity contribution is 4.89. The summed E-state index contributed by atoms with van der Waals surface area (Å²) in [5, 5.41) is 0. The van der Waals surface area contributed by atoms with Crippen LogP contribution >= 0.6 is 0 Å². The van der Waals surface area contributed by atoms with Crippen molar-refractivity contribution in [1.29, 1.82) is 0 Å². The van der Waals surface area contributed by atoms with E-state index in [1.54, 1.807) is 0 Å². The molecule has 0 N–H and O–H groups in total. The lowest BCUT2D eigenvalue weighted by molar-refractivity contribution is 0.117. The first-order valence-electron chi connectivity index (χ1n) is 4.37. The smallest absolute Gasteiger partial charge is 0.0494 e. The van der Waals surface area contributed by atoms with Gasteiger partial charge in [-0.3, -0.25) is 0 Å². The summed E-state index contributed by atoms with van der Waals surface area (Å²) in [5.41, 5.74) is 0. The van der Waals surface area contributed by atoms with Crippen molar-refractivity contribution in [3.63, 3.8) is 0 Å². The zero-order valence-electron chi connectivity index (χ0n) is 7.18. The molecular formula is C10H16O. The van der Waals surface area contributed by atoms with E-state index >= 15 is 0 Å². The van der Waals surface area contributed by atoms with Crippen LogP contribution in [0.5, 0.6) is 0 Å². The molecule has 0 amide bonds. The Morgan fingerprint density at radius 3 is 2.91 bits per heavy atom. The summed E-state index contributed by atoms with van der Waals surface area (Å²) in [6.45, 7) is 3.85. The molecule has 0 aliphatic heterocycles. The molecule has 0 radical (unpaired) electrons. The van der Waals surface area contributed by atoms with Crippen LogP contribution in [0, 0.1) is 24.2 Å². The average molecular weight is 152 g/mol. The van der Waals surface area contributed by atoms with Crippen molar-refractivity contribution in [2.75, 3.05) is 13.2 Å². The van der Waals surface area contributed by atoms with E-state index in [-0.39, 0.29) is 0 Å². The first kappa shape index (κ1) is 8.62. The van der Waals surface area contributed by atoms with Crippen LogP contribution in [-0.4, -0.2) is 13.2 Å². The maximum atomic E-state index is 5.43. The molecule has 1 rings (SSSR count). The second-order valence-corrected chi connectivity index (χ2v) is 3.37. The molecule has 0 bridgehead atoms. The topological polar surface area (TPSA) is 9.23 Å². The fourth-order valence-electron chi connectivity index (χ4n) is 0.878. The summed E-state index contributed by atoms with van der Waals surface area (Å²) < 4.78 is 5.43. The Morgan fingerprint density at radius 2 is 2.36 bits per heavy atom. The zero-order valence-corrected chi connectivity index (χ0v) is 7.18. The highest BCUT2D eigenvalue weighted by Crippen LogP contribution is 2.28. The van der Waals surface area contributed by atoms with Gasteiger partial charge in [-0.25, -0.2) is 0 Å². The fraction of sp³-hybridized carbons (Fsp3) is 0.800. The van der Waals surface area contributed by atoms with Gasteiger partial charge in [0, 0.05) is 19.1 Å². The van der Waals surface area contributed by atoms with Crippen LogP contribution in [0.1, 0.15) is 26.2 Å². The van der Waals surface area contributed by atoms with E-state index in [4.69, 9.17) is 11.2 Å². The quantitative estimate of drug-likeness (QED) is 0.433. The lowest BCUT2D eigenvalue weighted by Crippen LogP contribution is -2.02. The van der Waals surface area contributed by atoms with Crippen LogP contribution in [0.15, 0.2) is 0 Å². The molecule has 1 nitrogen and oxygen atoms in total. The Kier molecular flexibility index (Phi) is 3.45. The van der Waals surface area contributed by atoms with Crippen molar-refractivity contribution in [3.05, 3.63) is 0 Å². The van der Waals surface area contributed by atoms with Crippen molar-refractivity contribution in [3.8, 4) is 12.3 Å². The Bertz CT molecular complexity index is 141. The van der Waals surface area contributed by atoms with Crippen LogP contribution in [0.3, 0.4) is 0 Å². The molecule has 0 saturated heterocycles. The van der Waals surface area contributed by atoms with E-state index in [9.17, 15) is 0 Å².